The van der Waals surface area contributed by atoms with Gasteiger partial charge in [0.25, 0.3) is 0 Å². The second-order valence-electron chi connectivity index (χ2n) is 7.61. The third kappa shape index (κ3) is 10.4. The SMILES string of the molecule is CCC(=O)CN(CCN(C)C)CC(=O)CN1CCN(CC(C)=O)CC(=O)C1. The van der Waals surface area contributed by atoms with Crippen molar-refractivity contribution in [1.82, 2.24) is 19.6 Å². The molecular formula is C19H34N4O4. The number of likely N-dealkylation sites (N-methyl/N-ethyl adjacent to an activating group) is 1. The van der Waals surface area contributed by atoms with Gasteiger partial charge in [0, 0.05) is 32.6 Å². The lowest BCUT2D eigenvalue weighted by Crippen LogP contribution is -2.43. The molecule has 8 nitrogen and oxygen atoms in total. The van der Waals surface area contributed by atoms with Gasteiger partial charge in [0.1, 0.15) is 11.6 Å². The monoisotopic (exact) mass is 382 g/mol. The van der Waals surface area contributed by atoms with E-state index in [1.807, 2.05) is 40.6 Å². The Hall–Kier alpha value is -1.48. The first-order valence-corrected chi connectivity index (χ1v) is 9.56. The number of ketones is 4. The van der Waals surface area contributed by atoms with Crippen molar-refractivity contribution in [3.63, 3.8) is 0 Å². The van der Waals surface area contributed by atoms with Crippen LogP contribution in [-0.4, -0.2) is 122 Å². The number of nitrogens with zero attached hydrogens (tertiary/aromatic N) is 4. The van der Waals surface area contributed by atoms with Crippen LogP contribution < -0.4 is 0 Å². The summed E-state index contributed by atoms with van der Waals surface area (Å²) in [6.45, 7) is 7.36. The molecule has 8 heteroatoms. The Balaban J connectivity index is 2.56. The maximum atomic E-state index is 12.5. The van der Waals surface area contributed by atoms with E-state index in [4.69, 9.17) is 0 Å². The van der Waals surface area contributed by atoms with Gasteiger partial charge in [-0.1, -0.05) is 6.92 Å². The van der Waals surface area contributed by atoms with E-state index in [0.29, 0.717) is 26.1 Å². The van der Waals surface area contributed by atoms with Gasteiger partial charge in [0.2, 0.25) is 0 Å². The molecule has 0 saturated carbocycles. The molecule has 1 fully saturated rings. The summed E-state index contributed by atoms with van der Waals surface area (Å²) in [5.41, 5.74) is 0. The van der Waals surface area contributed by atoms with Gasteiger partial charge in [-0.15, -0.1) is 0 Å². The van der Waals surface area contributed by atoms with Crippen molar-refractivity contribution in [3.05, 3.63) is 0 Å². The van der Waals surface area contributed by atoms with Crippen LogP contribution in [0.4, 0.5) is 0 Å². The van der Waals surface area contributed by atoms with Crippen LogP contribution in [-0.2, 0) is 19.2 Å². The first-order valence-electron chi connectivity index (χ1n) is 9.56. The highest BCUT2D eigenvalue weighted by atomic mass is 16.1. The lowest BCUT2D eigenvalue weighted by Gasteiger charge is -2.24. The number of carbonyl (C=O) groups is 4. The summed E-state index contributed by atoms with van der Waals surface area (Å²) >= 11 is 0. The minimum atomic E-state index is 0.00507. The fourth-order valence-corrected chi connectivity index (χ4v) is 3.04. The third-order valence-electron chi connectivity index (χ3n) is 4.44. The number of hydrogen-bond acceptors (Lipinski definition) is 8. The molecule has 0 atom stereocenters. The summed E-state index contributed by atoms with van der Waals surface area (Å²) in [5, 5.41) is 0. The number of rotatable bonds is 12. The average Bonchev–Trinajstić information content (AvgIpc) is 2.72. The van der Waals surface area contributed by atoms with Crippen molar-refractivity contribution in [2.75, 3.05) is 79.5 Å². The predicted molar refractivity (Wildman–Crippen MR) is 104 cm³/mol. The van der Waals surface area contributed by atoms with E-state index in [-0.39, 0.29) is 62.4 Å². The summed E-state index contributed by atoms with van der Waals surface area (Å²) in [5.74, 6) is 0.175. The standard InChI is InChI=1S/C19H34N4O4/c1-5-17(25)11-22(7-6-20(3)4)13-19(27)15-23-9-8-21(10-16(2)24)12-18(26)14-23/h5-15H2,1-4H3. The molecule has 1 rings (SSSR count). The number of Topliss-reactive ketones (excluding diaryl/α,β-unsaturated/α-hetero) is 4. The Morgan fingerprint density at radius 3 is 2.00 bits per heavy atom. The Morgan fingerprint density at radius 2 is 1.48 bits per heavy atom. The smallest absolute Gasteiger partial charge is 0.160 e. The third-order valence-corrected chi connectivity index (χ3v) is 4.44. The Kier molecular flexibility index (Phi) is 10.5. The van der Waals surface area contributed by atoms with E-state index in [1.54, 1.807) is 0 Å². The van der Waals surface area contributed by atoms with Crippen molar-refractivity contribution in [3.8, 4) is 0 Å². The van der Waals surface area contributed by atoms with E-state index in [0.717, 1.165) is 6.54 Å². The quantitative estimate of drug-likeness (QED) is 0.433. The van der Waals surface area contributed by atoms with Gasteiger partial charge >= 0.3 is 0 Å². The van der Waals surface area contributed by atoms with E-state index in [9.17, 15) is 19.2 Å². The molecule has 0 aromatic rings. The van der Waals surface area contributed by atoms with Crippen molar-refractivity contribution < 1.29 is 19.2 Å². The molecule has 1 aliphatic heterocycles. The van der Waals surface area contributed by atoms with Crippen LogP contribution in [0.3, 0.4) is 0 Å². The molecule has 0 aliphatic carbocycles. The topological polar surface area (TPSA) is 81.2 Å². The highest BCUT2D eigenvalue weighted by Gasteiger charge is 2.23. The lowest BCUT2D eigenvalue weighted by molar-refractivity contribution is -0.124. The van der Waals surface area contributed by atoms with E-state index < -0.39 is 0 Å². The second-order valence-corrected chi connectivity index (χ2v) is 7.61. The van der Waals surface area contributed by atoms with Crippen LogP contribution in [0.2, 0.25) is 0 Å². The van der Waals surface area contributed by atoms with Gasteiger partial charge in [-0.3, -0.25) is 33.9 Å². The number of carbonyl (C=O) groups excluding carboxylic acids is 4. The van der Waals surface area contributed by atoms with Crippen LogP contribution in [0.1, 0.15) is 20.3 Å². The van der Waals surface area contributed by atoms with Gasteiger partial charge in [-0.2, -0.15) is 0 Å². The molecular weight excluding hydrogens is 348 g/mol. The highest BCUT2D eigenvalue weighted by molar-refractivity contribution is 5.87. The summed E-state index contributed by atoms with van der Waals surface area (Å²) < 4.78 is 0. The van der Waals surface area contributed by atoms with Gasteiger partial charge in [0.05, 0.1) is 39.3 Å². The molecule has 0 unspecified atom stereocenters. The van der Waals surface area contributed by atoms with E-state index >= 15 is 0 Å². The average molecular weight is 383 g/mol. The summed E-state index contributed by atoms with van der Waals surface area (Å²) in [6.07, 6.45) is 0.458. The van der Waals surface area contributed by atoms with Gasteiger partial charge in [-0.05, 0) is 21.0 Å². The normalized spacial score (nSPS) is 16.7. The van der Waals surface area contributed by atoms with Gasteiger partial charge in [-0.25, -0.2) is 0 Å². The summed E-state index contributed by atoms with van der Waals surface area (Å²) in [6, 6.07) is 0. The van der Waals surface area contributed by atoms with E-state index in [1.165, 1.54) is 6.92 Å². The lowest BCUT2D eigenvalue weighted by atomic mass is 10.2. The minimum Gasteiger partial charge on any atom is -0.308 e. The molecule has 0 bridgehead atoms. The van der Waals surface area contributed by atoms with Gasteiger partial charge in [0.15, 0.2) is 11.6 Å². The first-order chi connectivity index (χ1) is 12.7. The van der Waals surface area contributed by atoms with Crippen LogP contribution in [0, 0.1) is 0 Å². The summed E-state index contributed by atoms with van der Waals surface area (Å²) in [7, 11) is 3.91. The first kappa shape index (κ1) is 23.6. The fourth-order valence-electron chi connectivity index (χ4n) is 3.04. The van der Waals surface area contributed by atoms with Crippen molar-refractivity contribution >= 4 is 23.1 Å². The molecule has 1 heterocycles. The molecule has 0 aromatic carbocycles. The fraction of sp³-hybridized carbons (Fsp3) is 0.789. The second kappa shape index (κ2) is 12.1. The van der Waals surface area contributed by atoms with Crippen LogP contribution in [0.15, 0.2) is 0 Å². The van der Waals surface area contributed by atoms with Crippen LogP contribution in [0.5, 0.6) is 0 Å². The molecule has 154 valence electrons. The largest absolute Gasteiger partial charge is 0.308 e. The Labute approximate surface area is 162 Å². The molecule has 0 radical (unpaired) electrons. The molecule has 0 amide bonds. The maximum Gasteiger partial charge on any atom is 0.160 e. The molecule has 0 aromatic heterocycles. The molecule has 27 heavy (non-hydrogen) atoms. The zero-order valence-electron chi connectivity index (χ0n) is 17.2. The van der Waals surface area contributed by atoms with E-state index in [2.05, 4.69) is 0 Å². The molecule has 0 N–H and O–H groups in total. The highest BCUT2D eigenvalue weighted by Crippen LogP contribution is 2.02. The molecule has 1 aliphatic rings. The Bertz CT molecular complexity index is 536. The Morgan fingerprint density at radius 1 is 0.926 bits per heavy atom. The predicted octanol–water partition coefficient (Wildman–Crippen LogP) is -0.826. The van der Waals surface area contributed by atoms with Crippen LogP contribution >= 0.6 is 0 Å². The maximum absolute atomic E-state index is 12.5. The van der Waals surface area contributed by atoms with Crippen molar-refractivity contribution in [2.24, 2.45) is 0 Å². The molecule has 0 spiro atoms. The zero-order valence-corrected chi connectivity index (χ0v) is 17.2. The number of hydrogen-bond donors (Lipinski definition) is 0. The minimum absolute atomic E-state index is 0.00507. The van der Waals surface area contributed by atoms with Crippen molar-refractivity contribution in [1.29, 1.82) is 0 Å². The zero-order chi connectivity index (χ0) is 20.4. The molecule has 1 saturated heterocycles. The summed E-state index contributed by atoms with van der Waals surface area (Å²) in [4.78, 5) is 55.3. The van der Waals surface area contributed by atoms with Crippen molar-refractivity contribution in [2.45, 2.75) is 20.3 Å². The van der Waals surface area contributed by atoms with Crippen LogP contribution in [0.25, 0.3) is 0 Å². The van der Waals surface area contributed by atoms with Gasteiger partial charge < -0.3 is 4.90 Å².